The first-order chi connectivity index (χ1) is 7.25. The normalized spacial score (nSPS) is 12.3. The summed E-state index contributed by atoms with van der Waals surface area (Å²) in [6.07, 6.45) is 0. The summed E-state index contributed by atoms with van der Waals surface area (Å²) in [5, 5.41) is 14.5. The van der Waals surface area contributed by atoms with Gasteiger partial charge in [-0.15, -0.1) is 11.3 Å². The smallest absolute Gasteiger partial charge is 0.115 e. The van der Waals surface area contributed by atoms with E-state index in [9.17, 15) is 0 Å². The molecule has 78 valence electrons. The largest absolute Gasteiger partial charge is 0.508 e. The number of thiazole rings is 1. The molecule has 0 aliphatic rings. The zero-order chi connectivity index (χ0) is 10.7. The third kappa shape index (κ3) is 2.47. The minimum absolute atomic E-state index is 0.181. The van der Waals surface area contributed by atoms with Crippen molar-refractivity contribution in [2.45, 2.75) is 13.0 Å². The van der Waals surface area contributed by atoms with Gasteiger partial charge in [0.05, 0.1) is 17.2 Å². The lowest BCUT2D eigenvalue weighted by Crippen LogP contribution is -2.06. The fourth-order valence-corrected chi connectivity index (χ4v) is 1.97. The van der Waals surface area contributed by atoms with Crippen molar-refractivity contribution in [3.8, 4) is 5.75 Å². The molecule has 3 nitrogen and oxygen atoms in total. The molecule has 1 atom stereocenters. The summed E-state index contributed by atoms with van der Waals surface area (Å²) in [6.45, 7) is 2.06. The van der Waals surface area contributed by atoms with Crippen molar-refractivity contribution in [3.05, 3.63) is 40.8 Å². The van der Waals surface area contributed by atoms with Crippen LogP contribution in [0.15, 0.2) is 35.2 Å². The highest BCUT2D eigenvalue weighted by atomic mass is 32.1. The second-order valence-electron chi connectivity index (χ2n) is 3.33. The van der Waals surface area contributed by atoms with Crippen LogP contribution in [-0.4, -0.2) is 10.1 Å². The molecule has 0 spiro atoms. The van der Waals surface area contributed by atoms with Gasteiger partial charge in [0.15, 0.2) is 0 Å². The molecule has 1 aromatic carbocycles. The minimum Gasteiger partial charge on any atom is -0.508 e. The number of hydrogen-bond acceptors (Lipinski definition) is 4. The Morgan fingerprint density at radius 3 is 2.67 bits per heavy atom. The van der Waals surface area contributed by atoms with E-state index in [-0.39, 0.29) is 11.8 Å². The Morgan fingerprint density at radius 1 is 1.33 bits per heavy atom. The van der Waals surface area contributed by atoms with Gasteiger partial charge in [0.2, 0.25) is 0 Å². The summed E-state index contributed by atoms with van der Waals surface area (Å²) in [4.78, 5) is 4.24. The molecule has 4 heteroatoms. The highest BCUT2D eigenvalue weighted by molar-refractivity contribution is 7.07. The molecule has 0 saturated carbocycles. The van der Waals surface area contributed by atoms with Crippen molar-refractivity contribution in [3.63, 3.8) is 0 Å². The van der Waals surface area contributed by atoms with E-state index >= 15 is 0 Å². The van der Waals surface area contributed by atoms with Gasteiger partial charge in [-0.2, -0.15) is 0 Å². The van der Waals surface area contributed by atoms with Crippen LogP contribution in [0.1, 0.15) is 18.7 Å². The van der Waals surface area contributed by atoms with E-state index in [1.54, 1.807) is 23.5 Å². The molecular formula is C11H12N2OS. The van der Waals surface area contributed by atoms with Gasteiger partial charge in [0.25, 0.3) is 0 Å². The average Bonchev–Trinajstić information content (AvgIpc) is 2.74. The summed E-state index contributed by atoms with van der Waals surface area (Å²) in [5.74, 6) is 0.280. The number of phenolic OH excluding ortho intramolecular Hbond substituents is 1. The molecule has 0 radical (unpaired) electrons. The van der Waals surface area contributed by atoms with Crippen LogP contribution < -0.4 is 5.32 Å². The minimum atomic E-state index is 0.181. The van der Waals surface area contributed by atoms with Crippen molar-refractivity contribution in [1.82, 2.24) is 4.98 Å². The predicted octanol–water partition coefficient (Wildman–Crippen LogP) is 3.02. The van der Waals surface area contributed by atoms with E-state index in [1.165, 1.54) is 0 Å². The summed E-state index contributed by atoms with van der Waals surface area (Å²) in [6, 6.07) is 7.20. The molecule has 0 bridgehead atoms. The number of rotatable bonds is 3. The fraction of sp³-hybridized carbons (Fsp3) is 0.182. The van der Waals surface area contributed by atoms with Gasteiger partial charge < -0.3 is 10.4 Å². The second kappa shape index (κ2) is 4.31. The van der Waals surface area contributed by atoms with E-state index in [2.05, 4.69) is 17.2 Å². The van der Waals surface area contributed by atoms with E-state index < -0.39 is 0 Å². The summed E-state index contributed by atoms with van der Waals surface area (Å²) < 4.78 is 0. The van der Waals surface area contributed by atoms with Gasteiger partial charge in [0, 0.05) is 11.1 Å². The van der Waals surface area contributed by atoms with Crippen LogP contribution >= 0.6 is 11.3 Å². The Labute approximate surface area is 92.4 Å². The Balaban J connectivity index is 2.06. The van der Waals surface area contributed by atoms with E-state index in [1.807, 2.05) is 23.0 Å². The van der Waals surface area contributed by atoms with Crippen LogP contribution in [0.3, 0.4) is 0 Å². The molecule has 1 aromatic heterocycles. The Morgan fingerprint density at radius 2 is 2.07 bits per heavy atom. The van der Waals surface area contributed by atoms with E-state index in [0.717, 1.165) is 11.4 Å². The topological polar surface area (TPSA) is 45.1 Å². The number of hydrogen-bond donors (Lipinski definition) is 2. The van der Waals surface area contributed by atoms with Crippen LogP contribution in [0.2, 0.25) is 0 Å². The molecule has 15 heavy (non-hydrogen) atoms. The highest BCUT2D eigenvalue weighted by Gasteiger charge is 2.06. The molecule has 0 fully saturated rings. The first kappa shape index (κ1) is 9.98. The molecule has 0 aliphatic heterocycles. The van der Waals surface area contributed by atoms with Gasteiger partial charge in [-0.3, -0.25) is 0 Å². The van der Waals surface area contributed by atoms with Crippen LogP contribution in [0, 0.1) is 0 Å². The zero-order valence-corrected chi connectivity index (χ0v) is 9.16. The average molecular weight is 220 g/mol. The number of nitrogens with zero attached hydrogens (tertiary/aromatic N) is 1. The standard InChI is InChI=1S/C11H12N2OS/c1-8(11-6-15-7-12-11)13-9-2-4-10(14)5-3-9/h2-8,13-14H,1H3. The van der Waals surface area contributed by atoms with Gasteiger partial charge in [-0.1, -0.05) is 0 Å². The lowest BCUT2D eigenvalue weighted by Gasteiger charge is -2.12. The molecular weight excluding hydrogens is 208 g/mol. The highest BCUT2D eigenvalue weighted by Crippen LogP contribution is 2.20. The molecule has 0 saturated heterocycles. The first-order valence-electron chi connectivity index (χ1n) is 4.69. The van der Waals surface area contributed by atoms with Crippen LogP contribution in [0.25, 0.3) is 0 Å². The van der Waals surface area contributed by atoms with Crippen molar-refractivity contribution >= 4 is 17.0 Å². The number of aromatic nitrogens is 1. The van der Waals surface area contributed by atoms with Crippen LogP contribution in [0.5, 0.6) is 5.75 Å². The van der Waals surface area contributed by atoms with E-state index in [4.69, 9.17) is 5.11 Å². The number of nitrogens with one attached hydrogen (secondary N) is 1. The molecule has 1 heterocycles. The number of aromatic hydroxyl groups is 1. The SMILES string of the molecule is CC(Nc1ccc(O)cc1)c1cscn1. The van der Waals surface area contributed by atoms with Gasteiger partial charge in [-0.05, 0) is 31.2 Å². The predicted molar refractivity (Wildman–Crippen MR) is 62.3 cm³/mol. The van der Waals surface area contributed by atoms with Gasteiger partial charge >= 0.3 is 0 Å². The summed E-state index contributed by atoms with van der Waals surface area (Å²) >= 11 is 1.59. The van der Waals surface area contributed by atoms with Crippen molar-refractivity contribution in [2.24, 2.45) is 0 Å². The molecule has 2 aromatic rings. The fourth-order valence-electron chi connectivity index (χ4n) is 1.32. The quantitative estimate of drug-likeness (QED) is 0.781. The second-order valence-corrected chi connectivity index (χ2v) is 4.04. The first-order valence-corrected chi connectivity index (χ1v) is 5.63. The Bertz CT molecular complexity index is 411. The van der Waals surface area contributed by atoms with Crippen LogP contribution in [-0.2, 0) is 0 Å². The van der Waals surface area contributed by atoms with Crippen LogP contribution in [0.4, 0.5) is 5.69 Å². The maximum absolute atomic E-state index is 9.14. The van der Waals surface area contributed by atoms with E-state index in [0.29, 0.717) is 0 Å². The Kier molecular flexibility index (Phi) is 2.87. The third-order valence-corrected chi connectivity index (χ3v) is 2.75. The zero-order valence-electron chi connectivity index (χ0n) is 8.34. The molecule has 0 amide bonds. The maximum Gasteiger partial charge on any atom is 0.115 e. The van der Waals surface area contributed by atoms with Gasteiger partial charge in [-0.25, -0.2) is 4.98 Å². The maximum atomic E-state index is 9.14. The monoisotopic (exact) mass is 220 g/mol. The lowest BCUT2D eigenvalue weighted by molar-refractivity contribution is 0.475. The number of benzene rings is 1. The summed E-state index contributed by atoms with van der Waals surface area (Å²) in [5.41, 5.74) is 3.84. The van der Waals surface area contributed by atoms with Crippen molar-refractivity contribution < 1.29 is 5.11 Å². The summed E-state index contributed by atoms with van der Waals surface area (Å²) in [7, 11) is 0. The number of phenols is 1. The molecule has 2 rings (SSSR count). The molecule has 2 N–H and O–H groups in total. The lowest BCUT2D eigenvalue weighted by atomic mass is 10.2. The number of anilines is 1. The Hall–Kier alpha value is -1.55. The third-order valence-electron chi connectivity index (χ3n) is 2.15. The van der Waals surface area contributed by atoms with Crippen molar-refractivity contribution in [2.75, 3.05) is 5.32 Å². The van der Waals surface area contributed by atoms with Gasteiger partial charge in [0.1, 0.15) is 5.75 Å². The molecule has 0 aliphatic carbocycles. The van der Waals surface area contributed by atoms with Crippen molar-refractivity contribution in [1.29, 1.82) is 0 Å². The molecule has 1 unspecified atom stereocenters.